The van der Waals surface area contributed by atoms with Gasteiger partial charge >= 0.3 is 5.97 Å². The Morgan fingerprint density at radius 1 is 1.44 bits per heavy atom. The Kier molecular flexibility index (Phi) is 2.29. The Morgan fingerprint density at radius 3 is 2.83 bits per heavy atom. The first kappa shape index (κ1) is 10.8. The number of aromatic nitrogens is 1. The van der Waals surface area contributed by atoms with Crippen molar-refractivity contribution in [1.82, 2.24) is 10.4 Å². The second-order valence-corrected chi connectivity index (χ2v) is 4.40. The number of nitrogens with zero attached hydrogens (tertiary/aromatic N) is 1. The van der Waals surface area contributed by atoms with E-state index in [1.165, 1.54) is 6.07 Å². The normalized spacial score (nSPS) is 21.0. The molecule has 3 N–H and O–H groups in total. The minimum atomic E-state index is -1.02. The molecule has 0 unspecified atom stereocenters. The van der Waals surface area contributed by atoms with Crippen molar-refractivity contribution in [3.05, 3.63) is 29.1 Å². The van der Waals surface area contributed by atoms with Gasteiger partial charge in [0.2, 0.25) is 0 Å². The average molecular weight is 245 g/mol. The van der Waals surface area contributed by atoms with Gasteiger partial charge in [0.1, 0.15) is 5.69 Å². The summed E-state index contributed by atoms with van der Waals surface area (Å²) < 4.78 is 0. The lowest BCUT2D eigenvalue weighted by atomic mass is 10.1. The van der Waals surface area contributed by atoms with Crippen LogP contribution in [0.2, 0.25) is 0 Å². The minimum absolute atomic E-state index is 0.102. The third kappa shape index (κ3) is 1.81. The highest BCUT2D eigenvalue weighted by Crippen LogP contribution is 2.35. The number of aromatic carboxylic acids is 1. The van der Waals surface area contributed by atoms with Gasteiger partial charge in [-0.15, -0.1) is 0 Å². The third-order valence-corrected chi connectivity index (χ3v) is 3.00. The third-order valence-electron chi connectivity index (χ3n) is 3.00. The van der Waals surface area contributed by atoms with Gasteiger partial charge < -0.3 is 10.1 Å². The fourth-order valence-electron chi connectivity index (χ4n) is 1.93. The van der Waals surface area contributed by atoms with E-state index >= 15 is 0 Å². The maximum Gasteiger partial charge on any atom is 0.352 e. The van der Waals surface area contributed by atoms with Crippen LogP contribution < -0.4 is 5.43 Å². The van der Waals surface area contributed by atoms with E-state index in [0.717, 1.165) is 18.6 Å². The molecule has 1 saturated carbocycles. The molecule has 0 bridgehead atoms. The summed E-state index contributed by atoms with van der Waals surface area (Å²) in [6.45, 7) is 0. The summed E-state index contributed by atoms with van der Waals surface area (Å²) >= 11 is 0. The smallest absolute Gasteiger partial charge is 0.352 e. The lowest BCUT2D eigenvalue weighted by Gasteiger charge is -1.97. The molecule has 18 heavy (non-hydrogen) atoms. The molecule has 0 radical (unpaired) electrons. The Morgan fingerprint density at radius 2 is 2.22 bits per heavy atom. The van der Waals surface area contributed by atoms with Crippen LogP contribution in [0.25, 0.3) is 6.08 Å². The summed E-state index contributed by atoms with van der Waals surface area (Å²) in [5.74, 6) is -0.890. The molecule has 3 rings (SSSR count). The number of hydrogen-bond acceptors (Lipinski definition) is 3. The van der Waals surface area contributed by atoms with E-state index in [1.54, 1.807) is 12.1 Å². The first-order valence-corrected chi connectivity index (χ1v) is 5.67. The zero-order valence-electron chi connectivity index (χ0n) is 9.43. The molecule has 0 aromatic carbocycles. The van der Waals surface area contributed by atoms with E-state index in [0.29, 0.717) is 17.2 Å². The number of rotatable bonds is 3. The van der Waals surface area contributed by atoms with Crippen LogP contribution in [0, 0.1) is 5.92 Å². The number of carboxylic acids is 1. The first-order chi connectivity index (χ1) is 8.65. The summed E-state index contributed by atoms with van der Waals surface area (Å²) in [5, 5.41) is 12.8. The minimum Gasteiger partial charge on any atom is -0.477 e. The molecule has 2 aliphatic rings. The summed E-state index contributed by atoms with van der Waals surface area (Å²) in [7, 11) is 0. The van der Waals surface area contributed by atoms with Crippen molar-refractivity contribution in [3.8, 4) is 0 Å². The largest absolute Gasteiger partial charge is 0.477 e. The van der Waals surface area contributed by atoms with Gasteiger partial charge in [-0.1, -0.05) is 0 Å². The van der Waals surface area contributed by atoms with Crippen molar-refractivity contribution in [2.45, 2.75) is 12.8 Å². The molecular formula is C12H11N3O3. The first-order valence-electron chi connectivity index (χ1n) is 5.67. The lowest BCUT2D eigenvalue weighted by molar-refractivity contribution is -0.116. The molecule has 2 heterocycles. The maximum absolute atomic E-state index is 11.6. The number of hydrogen-bond donors (Lipinski definition) is 3. The number of nitrogens with one attached hydrogen (secondary N) is 2. The van der Waals surface area contributed by atoms with E-state index in [4.69, 9.17) is 5.11 Å². The molecule has 1 aromatic rings. The van der Waals surface area contributed by atoms with Crippen LogP contribution in [0.15, 0.2) is 22.8 Å². The quantitative estimate of drug-likeness (QED) is 0.693. The SMILES string of the molecule is O=C1NN=C(C2CC2)/C1=C/c1ccc(C(=O)O)[nH]1. The van der Waals surface area contributed by atoms with Gasteiger partial charge in [0.25, 0.3) is 5.91 Å². The van der Waals surface area contributed by atoms with Gasteiger partial charge in [-0.2, -0.15) is 5.10 Å². The zero-order chi connectivity index (χ0) is 12.7. The Hall–Kier alpha value is -2.37. The number of H-pyrrole nitrogens is 1. The van der Waals surface area contributed by atoms with Crippen LogP contribution in [0.3, 0.4) is 0 Å². The van der Waals surface area contributed by atoms with Crippen molar-refractivity contribution in [3.63, 3.8) is 0 Å². The van der Waals surface area contributed by atoms with Gasteiger partial charge in [-0.25, -0.2) is 10.2 Å². The number of amides is 1. The van der Waals surface area contributed by atoms with Crippen LogP contribution in [0.5, 0.6) is 0 Å². The summed E-state index contributed by atoms with van der Waals surface area (Å²) in [5.41, 5.74) is 4.44. The molecule has 0 spiro atoms. The molecule has 6 heteroatoms. The molecule has 1 amide bonds. The van der Waals surface area contributed by atoms with Crippen LogP contribution in [-0.4, -0.2) is 27.7 Å². The van der Waals surface area contributed by atoms with Gasteiger partial charge in [0.05, 0.1) is 11.3 Å². The van der Waals surface area contributed by atoms with Crippen molar-refractivity contribution >= 4 is 23.7 Å². The number of carbonyl (C=O) groups excluding carboxylic acids is 1. The highest BCUT2D eigenvalue weighted by molar-refractivity contribution is 6.28. The van der Waals surface area contributed by atoms with E-state index in [2.05, 4.69) is 15.5 Å². The molecule has 0 atom stereocenters. The van der Waals surface area contributed by atoms with Gasteiger partial charge in [-0.05, 0) is 31.1 Å². The molecule has 1 aliphatic heterocycles. The van der Waals surface area contributed by atoms with E-state index in [9.17, 15) is 9.59 Å². The molecule has 6 nitrogen and oxygen atoms in total. The van der Waals surface area contributed by atoms with E-state index < -0.39 is 5.97 Å². The molecule has 1 aromatic heterocycles. The van der Waals surface area contributed by atoms with Crippen molar-refractivity contribution < 1.29 is 14.7 Å². The molecule has 92 valence electrons. The van der Waals surface area contributed by atoms with E-state index in [1.807, 2.05) is 0 Å². The molecule has 1 fully saturated rings. The highest BCUT2D eigenvalue weighted by atomic mass is 16.4. The van der Waals surface area contributed by atoms with Crippen LogP contribution in [0.1, 0.15) is 29.0 Å². The highest BCUT2D eigenvalue weighted by Gasteiger charge is 2.35. The molecule has 1 aliphatic carbocycles. The lowest BCUT2D eigenvalue weighted by Crippen LogP contribution is -2.13. The number of aromatic amines is 1. The van der Waals surface area contributed by atoms with Gasteiger partial charge in [-0.3, -0.25) is 4.79 Å². The molecule has 0 saturated heterocycles. The zero-order valence-corrected chi connectivity index (χ0v) is 9.43. The number of carbonyl (C=O) groups is 2. The van der Waals surface area contributed by atoms with Crippen molar-refractivity contribution in [2.75, 3.05) is 0 Å². The van der Waals surface area contributed by atoms with Gasteiger partial charge in [0, 0.05) is 11.6 Å². The fourth-order valence-corrected chi connectivity index (χ4v) is 1.93. The van der Waals surface area contributed by atoms with Crippen molar-refractivity contribution in [1.29, 1.82) is 0 Å². The van der Waals surface area contributed by atoms with E-state index in [-0.39, 0.29) is 11.6 Å². The molecular weight excluding hydrogens is 234 g/mol. The summed E-state index contributed by atoms with van der Waals surface area (Å²) in [6.07, 6.45) is 3.75. The average Bonchev–Trinajstić information content (AvgIpc) is 2.95. The predicted molar refractivity (Wildman–Crippen MR) is 64.0 cm³/mol. The predicted octanol–water partition coefficient (Wildman–Crippen LogP) is 0.992. The Bertz CT molecular complexity index is 593. The summed E-state index contributed by atoms with van der Waals surface area (Å²) in [6, 6.07) is 3.10. The van der Waals surface area contributed by atoms with Crippen LogP contribution in [-0.2, 0) is 4.79 Å². The maximum atomic E-state index is 11.6. The topological polar surface area (TPSA) is 94.6 Å². The monoisotopic (exact) mass is 245 g/mol. The second kappa shape index (κ2) is 3.83. The fraction of sp³-hybridized carbons (Fsp3) is 0.250. The number of hydrazone groups is 1. The van der Waals surface area contributed by atoms with Crippen LogP contribution >= 0.6 is 0 Å². The summed E-state index contributed by atoms with van der Waals surface area (Å²) in [4.78, 5) is 25.1. The van der Waals surface area contributed by atoms with Crippen LogP contribution in [0.4, 0.5) is 0 Å². The Labute approximate surface area is 102 Å². The second-order valence-electron chi connectivity index (χ2n) is 4.40. The standard InChI is InChI=1S/C12H11N3O3/c16-11-8(10(14-15-11)6-1-2-6)5-7-3-4-9(13-7)12(17)18/h3-6,13H,1-2H2,(H,15,16)(H,17,18)/b8-5-. The van der Waals surface area contributed by atoms with Crippen molar-refractivity contribution in [2.24, 2.45) is 11.0 Å². The Balaban J connectivity index is 1.91. The number of carboxylic acid groups (broad SMARTS) is 1. The van der Waals surface area contributed by atoms with Gasteiger partial charge in [0.15, 0.2) is 0 Å².